The molecule has 2 nitrogen and oxygen atoms in total. The van der Waals surface area contributed by atoms with Gasteiger partial charge in [0.15, 0.2) is 0 Å². The van der Waals surface area contributed by atoms with Crippen molar-refractivity contribution >= 4 is 11.3 Å². The van der Waals surface area contributed by atoms with E-state index >= 15 is 0 Å². The standard InChI is InChI=1S/C13H14O2S/c1-9-3-4-13(16-9)11-5-10(8-14)6-12(7-11)15-2/h3-7,14H,8H2,1-2H3. The number of hydrogen-bond acceptors (Lipinski definition) is 3. The molecular formula is C13H14O2S. The molecule has 0 amide bonds. The largest absolute Gasteiger partial charge is 0.497 e. The van der Waals surface area contributed by atoms with E-state index in [2.05, 4.69) is 19.1 Å². The van der Waals surface area contributed by atoms with Crippen LogP contribution >= 0.6 is 11.3 Å². The van der Waals surface area contributed by atoms with E-state index in [-0.39, 0.29) is 6.61 Å². The van der Waals surface area contributed by atoms with Gasteiger partial charge in [-0.2, -0.15) is 0 Å². The fourth-order valence-corrected chi connectivity index (χ4v) is 2.46. The number of rotatable bonds is 3. The Morgan fingerprint density at radius 1 is 1.25 bits per heavy atom. The molecule has 0 saturated carbocycles. The van der Waals surface area contributed by atoms with Crippen molar-refractivity contribution in [2.24, 2.45) is 0 Å². The Hall–Kier alpha value is -1.32. The average Bonchev–Trinajstić information content (AvgIpc) is 2.75. The second-order valence-electron chi connectivity index (χ2n) is 3.64. The molecule has 0 radical (unpaired) electrons. The van der Waals surface area contributed by atoms with E-state index in [4.69, 9.17) is 4.74 Å². The number of aliphatic hydroxyl groups is 1. The maximum absolute atomic E-state index is 9.18. The number of ether oxygens (including phenoxy) is 1. The summed E-state index contributed by atoms with van der Waals surface area (Å²) in [5.74, 6) is 0.785. The summed E-state index contributed by atoms with van der Waals surface area (Å²) in [5, 5.41) is 9.18. The molecule has 1 aromatic carbocycles. The second kappa shape index (κ2) is 4.68. The van der Waals surface area contributed by atoms with Crippen LogP contribution < -0.4 is 4.74 Å². The van der Waals surface area contributed by atoms with Crippen molar-refractivity contribution in [1.29, 1.82) is 0 Å². The van der Waals surface area contributed by atoms with Gasteiger partial charge in [-0.05, 0) is 48.4 Å². The van der Waals surface area contributed by atoms with Crippen molar-refractivity contribution in [3.63, 3.8) is 0 Å². The minimum absolute atomic E-state index is 0.0363. The topological polar surface area (TPSA) is 29.5 Å². The van der Waals surface area contributed by atoms with Gasteiger partial charge in [-0.1, -0.05) is 0 Å². The highest BCUT2D eigenvalue weighted by Gasteiger charge is 2.05. The van der Waals surface area contributed by atoms with Gasteiger partial charge in [-0.3, -0.25) is 0 Å². The summed E-state index contributed by atoms with van der Waals surface area (Å²) < 4.78 is 5.22. The van der Waals surface area contributed by atoms with Crippen molar-refractivity contribution in [2.45, 2.75) is 13.5 Å². The summed E-state index contributed by atoms with van der Waals surface area (Å²) >= 11 is 1.74. The van der Waals surface area contributed by atoms with Crippen LogP contribution in [0.1, 0.15) is 10.4 Å². The first kappa shape index (κ1) is 11.2. The molecule has 1 aromatic heterocycles. The molecule has 0 aliphatic rings. The van der Waals surface area contributed by atoms with Crippen molar-refractivity contribution in [3.05, 3.63) is 40.8 Å². The van der Waals surface area contributed by atoms with Crippen molar-refractivity contribution in [3.8, 4) is 16.2 Å². The molecule has 0 aliphatic heterocycles. The highest BCUT2D eigenvalue weighted by Crippen LogP contribution is 2.31. The lowest BCUT2D eigenvalue weighted by Crippen LogP contribution is -1.88. The molecule has 0 bridgehead atoms. The molecule has 2 aromatic rings. The maximum Gasteiger partial charge on any atom is 0.119 e. The van der Waals surface area contributed by atoms with E-state index in [9.17, 15) is 5.11 Å². The zero-order valence-electron chi connectivity index (χ0n) is 9.36. The Labute approximate surface area is 99.1 Å². The fraction of sp³-hybridized carbons (Fsp3) is 0.231. The van der Waals surface area contributed by atoms with Crippen molar-refractivity contribution in [1.82, 2.24) is 0 Å². The summed E-state index contributed by atoms with van der Waals surface area (Å²) in [5.41, 5.74) is 1.97. The van der Waals surface area contributed by atoms with Gasteiger partial charge in [-0.15, -0.1) is 11.3 Å². The second-order valence-corrected chi connectivity index (χ2v) is 4.93. The third-order valence-corrected chi connectivity index (χ3v) is 3.46. The lowest BCUT2D eigenvalue weighted by Gasteiger charge is -2.06. The molecule has 0 spiro atoms. The van der Waals surface area contributed by atoms with Crippen LogP contribution in [0.3, 0.4) is 0 Å². The molecule has 2 rings (SSSR count). The van der Waals surface area contributed by atoms with E-state index in [0.717, 1.165) is 16.9 Å². The highest BCUT2D eigenvalue weighted by molar-refractivity contribution is 7.15. The lowest BCUT2D eigenvalue weighted by atomic mass is 10.1. The van der Waals surface area contributed by atoms with Crippen LogP contribution in [0.2, 0.25) is 0 Å². The first-order valence-corrected chi connectivity index (χ1v) is 5.90. The fourth-order valence-electron chi connectivity index (χ4n) is 1.60. The van der Waals surface area contributed by atoms with Crippen LogP contribution in [-0.2, 0) is 6.61 Å². The van der Waals surface area contributed by atoms with Crippen LogP contribution in [0.5, 0.6) is 5.75 Å². The normalized spacial score (nSPS) is 10.4. The quantitative estimate of drug-likeness (QED) is 0.883. The zero-order valence-corrected chi connectivity index (χ0v) is 10.2. The number of aliphatic hydroxyl groups excluding tert-OH is 1. The first-order valence-electron chi connectivity index (χ1n) is 5.08. The molecule has 1 N–H and O–H groups in total. The summed E-state index contributed by atoms with van der Waals surface area (Å²) in [4.78, 5) is 2.48. The van der Waals surface area contributed by atoms with E-state index in [1.165, 1.54) is 9.75 Å². The Kier molecular flexibility index (Phi) is 3.27. The predicted molar refractivity (Wildman–Crippen MR) is 67.0 cm³/mol. The first-order chi connectivity index (χ1) is 7.72. The number of methoxy groups -OCH3 is 1. The van der Waals surface area contributed by atoms with Crippen molar-refractivity contribution in [2.75, 3.05) is 7.11 Å². The summed E-state index contributed by atoms with van der Waals surface area (Å²) in [6.07, 6.45) is 0. The SMILES string of the molecule is COc1cc(CO)cc(-c2ccc(C)s2)c1. The summed E-state index contributed by atoms with van der Waals surface area (Å²) in [7, 11) is 1.64. The smallest absolute Gasteiger partial charge is 0.119 e. The average molecular weight is 234 g/mol. The van der Waals surface area contributed by atoms with Gasteiger partial charge in [-0.25, -0.2) is 0 Å². The number of hydrogen-bond donors (Lipinski definition) is 1. The van der Waals surface area contributed by atoms with Crippen LogP contribution in [0.4, 0.5) is 0 Å². The van der Waals surface area contributed by atoms with Crippen LogP contribution in [0, 0.1) is 6.92 Å². The van der Waals surface area contributed by atoms with E-state index < -0.39 is 0 Å². The third-order valence-electron chi connectivity index (χ3n) is 2.41. The predicted octanol–water partition coefficient (Wildman–Crippen LogP) is 3.22. The summed E-state index contributed by atoms with van der Waals surface area (Å²) in [6, 6.07) is 10.0. The minimum atomic E-state index is 0.0363. The van der Waals surface area contributed by atoms with E-state index in [1.807, 2.05) is 18.2 Å². The van der Waals surface area contributed by atoms with E-state index in [0.29, 0.717) is 0 Å². The van der Waals surface area contributed by atoms with Gasteiger partial charge in [0.25, 0.3) is 0 Å². The Bertz CT molecular complexity index is 466. The zero-order chi connectivity index (χ0) is 11.5. The molecule has 1 heterocycles. The van der Waals surface area contributed by atoms with Crippen LogP contribution in [0.25, 0.3) is 10.4 Å². The molecule has 16 heavy (non-hydrogen) atoms. The van der Waals surface area contributed by atoms with Gasteiger partial charge in [0.1, 0.15) is 5.75 Å². The Balaban J connectivity index is 2.47. The number of aryl methyl sites for hydroxylation is 1. The third kappa shape index (κ3) is 2.26. The monoisotopic (exact) mass is 234 g/mol. The van der Waals surface area contributed by atoms with Gasteiger partial charge >= 0.3 is 0 Å². The molecule has 84 valence electrons. The van der Waals surface area contributed by atoms with Gasteiger partial charge in [0.2, 0.25) is 0 Å². The van der Waals surface area contributed by atoms with Gasteiger partial charge in [0.05, 0.1) is 13.7 Å². The van der Waals surface area contributed by atoms with Crippen molar-refractivity contribution < 1.29 is 9.84 Å². The van der Waals surface area contributed by atoms with Crippen LogP contribution in [-0.4, -0.2) is 12.2 Å². The minimum Gasteiger partial charge on any atom is -0.497 e. The van der Waals surface area contributed by atoms with Gasteiger partial charge < -0.3 is 9.84 Å². The van der Waals surface area contributed by atoms with E-state index in [1.54, 1.807) is 18.4 Å². The van der Waals surface area contributed by atoms with Crippen LogP contribution in [0.15, 0.2) is 30.3 Å². The molecule has 3 heteroatoms. The highest BCUT2D eigenvalue weighted by atomic mass is 32.1. The number of benzene rings is 1. The lowest BCUT2D eigenvalue weighted by molar-refractivity contribution is 0.281. The Morgan fingerprint density at radius 2 is 2.06 bits per heavy atom. The van der Waals surface area contributed by atoms with Gasteiger partial charge in [0, 0.05) is 9.75 Å². The molecule has 0 fully saturated rings. The maximum atomic E-state index is 9.18. The number of thiophene rings is 1. The molecular weight excluding hydrogens is 220 g/mol. The molecule has 0 aliphatic carbocycles. The molecule has 0 unspecified atom stereocenters. The Morgan fingerprint density at radius 3 is 2.62 bits per heavy atom. The molecule has 0 saturated heterocycles. The summed E-state index contributed by atoms with van der Waals surface area (Å²) in [6.45, 7) is 2.12. The molecule has 0 atom stereocenters.